The maximum atomic E-state index is 13.3. The Morgan fingerprint density at radius 2 is 1.91 bits per heavy atom. The minimum atomic E-state index is 0.211. The second kappa shape index (κ2) is 5.95. The summed E-state index contributed by atoms with van der Waals surface area (Å²) >= 11 is 0. The number of pyridine rings is 1. The first-order valence-corrected chi connectivity index (χ1v) is 8.91. The molecule has 3 heteroatoms. The highest BCUT2D eigenvalue weighted by Crippen LogP contribution is 2.36. The first-order chi connectivity index (χ1) is 11.2. The Balaban J connectivity index is 1.74. The van der Waals surface area contributed by atoms with Crippen LogP contribution >= 0.6 is 0 Å². The van der Waals surface area contributed by atoms with Crippen LogP contribution < -0.4 is 0 Å². The number of hydrogen-bond acceptors (Lipinski definition) is 2. The van der Waals surface area contributed by atoms with E-state index in [-0.39, 0.29) is 5.91 Å². The van der Waals surface area contributed by atoms with E-state index >= 15 is 0 Å². The fraction of sp³-hybridized carbons (Fsp3) is 0.500. The monoisotopic (exact) mass is 308 g/mol. The van der Waals surface area contributed by atoms with Gasteiger partial charge < -0.3 is 4.90 Å². The first-order valence-electron chi connectivity index (χ1n) is 8.91. The van der Waals surface area contributed by atoms with E-state index in [2.05, 4.69) is 9.88 Å². The van der Waals surface area contributed by atoms with Crippen molar-refractivity contribution in [2.75, 3.05) is 6.54 Å². The van der Waals surface area contributed by atoms with E-state index in [1.54, 1.807) is 0 Å². The van der Waals surface area contributed by atoms with Gasteiger partial charge in [0, 0.05) is 23.7 Å². The lowest BCUT2D eigenvalue weighted by Crippen LogP contribution is -2.49. The zero-order chi connectivity index (χ0) is 15.8. The summed E-state index contributed by atoms with van der Waals surface area (Å²) in [6, 6.07) is 10.4. The van der Waals surface area contributed by atoms with Crippen molar-refractivity contribution in [3.63, 3.8) is 0 Å². The molecule has 0 N–H and O–H groups in total. The highest BCUT2D eigenvalue weighted by Gasteiger charge is 2.36. The van der Waals surface area contributed by atoms with Gasteiger partial charge in [0.15, 0.2) is 0 Å². The van der Waals surface area contributed by atoms with Crippen molar-refractivity contribution in [1.82, 2.24) is 9.88 Å². The van der Waals surface area contributed by atoms with E-state index < -0.39 is 0 Å². The number of piperidine rings is 1. The summed E-state index contributed by atoms with van der Waals surface area (Å²) in [5, 5.41) is 0.987. The van der Waals surface area contributed by atoms with Crippen molar-refractivity contribution in [3.8, 4) is 0 Å². The number of benzene rings is 1. The topological polar surface area (TPSA) is 33.2 Å². The number of para-hydroxylation sites is 1. The average Bonchev–Trinajstić information content (AvgIpc) is 2.60. The molecule has 2 aliphatic rings. The van der Waals surface area contributed by atoms with Gasteiger partial charge in [-0.15, -0.1) is 0 Å². The van der Waals surface area contributed by atoms with Gasteiger partial charge in [-0.3, -0.25) is 9.78 Å². The highest BCUT2D eigenvalue weighted by molar-refractivity contribution is 6.06. The summed E-state index contributed by atoms with van der Waals surface area (Å²) in [5.74, 6) is 0.930. The Kier molecular flexibility index (Phi) is 3.80. The molecule has 0 bridgehead atoms. The van der Waals surface area contributed by atoms with Crippen LogP contribution in [0.3, 0.4) is 0 Å². The number of carbonyl (C=O) groups is 1. The maximum Gasteiger partial charge on any atom is 0.254 e. The normalized spacial score (nSPS) is 24.5. The summed E-state index contributed by atoms with van der Waals surface area (Å²) in [5.41, 5.74) is 2.68. The minimum Gasteiger partial charge on any atom is -0.335 e. The molecule has 1 aromatic heterocycles. The molecule has 1 amide bonds. The van der Waals surface area contributed by atoms with Crippen LogP contribution in [-0.4, -0.2) is 28.4 Å². The van der Waals surface area contributed by atoms with Crippen molar-refractivity contribution >= 4 is 16.8 Å². The number of carbonyl (C=O) groups excluding carboxylic acids is 1. The molecule has 120 valence electrons. The van der Waals surface area contributed by atoms with E-state index in [4.69, 9.17) is 0 Å². The Morgan fingerprint density at radius 3 is 2.83 bits per heavy atom. The predicted molar refractivity (Wildman–Crippen MR) is 92.5 cm³/mol. The van der Waals surface area contributed by atoms with Gasteiger partial charge in [-0.05, 0) is 50.7 Å². The molecule has 1 saturated carbocycles. The Morgan fingerprint density at radius 1 is 1.13 bits per heavy atom. The smallest absolute Gasteiger partial charge is 0.254 e. The number of aromatic nitrogens is 1. The lowest BCUT2D eigenvalue weighted by Gasteiger charge is -2.44. The molecular formula is C20H24N2O. The third-order valence-corrected chi connectivity index (χ3v) is 5.58. The number of fused-ring (bicyclic) bond motifs is 2. The molecular weight excluding hydrogens is 284 g/mol. The molecule has 2 heterocycles. The molecule has 2 aromatic rings. The highest BCUT2D eigenvalue weighted by atomic mass is 16.2. The average molecular weight is 308 g/mol. The van der Waals surface area contributed by atoms with Gasteiger partial charge in [0.05, 0.1) is 11.1 Å². The molecule has 2 atom stereocenters. The van der Waals surface area contributed by atoms with Gasteiger partial charge in [-0.1, -0.05) is 31.0 Å². The van der Waals surface area contributed by atoms with Crippen molar-refractivity contribution in [3.05, 3.63) is 41.6 Å². The largest absolute Gasteiger partial charge is 0.335 e. The lowest BCUT2D eigenvalue weighted by molar-refractivity contribution is 0.0392. The van der Waals surface area contributed by atoms with Crippen LogP contribution in [0.5, 0.6) is 0 Å². The van der Waals surface area contributed by atoms with E-state index in [9.17, 15) is 4.79 Å². The van der Waals surface area contributed by atoms with E-state index in [0.717, 1.165) is 41.0 Å². The third kappa shape index (κ3) is 2.62. The van der Waals surface area contributed by atoms with Crippen LogP contribution in [0.4, 0.5) is 0 Å². The number of rotatable bonds is 1. The molecule has 2 unspecified atom stereocenters. The van der Waals surface area contributed by atoms with Crippen LogP contribution in [0, 0.1) is 12.8 Å². The van der Waals surface area contributed by atoms with Gasteiger partial charge >= 0.3 is 0 Å². The second-order valence-corrected chi connectivity index (χ2v) is 7.08. The zero-order valence-electron chi connectivity index (χ0n) is 13.8. The molecule has 1 aliphatic heterocycles. The summed E-state index contributed by atoms with van der Waals surface area (Å²) in [7, 11) is 0. The number of aryl methyl sites for hydroxylation is 1. The molecule has 2 fully saturated rings. The molecule has 1 aromatic carbocycles. The molecule has 1 saturated heterocycles. The van der Waals surface area contributed by atoms with Crippen LogP contribution in [0.15, 0.2) is 30.3 Å². The molecule has 0 radical (unpaired) electrons. The fourth-order valence-electron chi connectivity index (χ4n) is 4.52. The molecule has 4 rings (SSSR count). The predicted octanol–water partition coefficient (Wildman–Crippen LogP) is 4.34. The molecule has 23 heavy (non-hydrogen) atoms. The van der Waals surface area contributed by atoms with Crippen molar-refractivity contribution in [1.29, 1.82) is 0 Å². The van der Waals surface area contributed by atoms with Crippen LogP contribution in [0.25, 0.3) is 10.9 Å². The summed E-state index contributed by atoms with van der Waals surface area (Å²) in [6.45, 7) is 2.89. The van der Waals surface area contributed by atoms with Crippen molar-refractivity contribution in [2.24, 2.45) is 5.92 Å². The van der Waals surface area contributed by atoms with E-state index in [1.807, 2.05) is 37.3 Å². The maximum absolute atomic E-state index is 13.3. The molecule has 1 aliphatic carbocycles. The second-order valence-electron chi connectivity index (χ2n) is 7.08. The van der Waals surface area contributed by atoms with E-state index in [0.29, 0.717) is 6.04 Å². The van der Waals surface area contributed by atoms with Gasteiger partial charge in [0.1, 0.15) is 0 Å². The van der Waals surface area contributed by atoms with Crippen molar-refractivity contribution < 1.29 is 4.79 Å². The van der Waals surface area contributed by atoms with Crippen LogP contribution in [-0.2, 0) is 0 Å². The van der Waals surface area contributed by atoms with Gasteiger partial charge in [-0.2, -0.15) is 0 Å². The molecule has 0 spiro atoms. The number of likely N-dealkylation sites (tertiary alicyclic amines) is 1. The molecule has 3 nitrogen and oxygen atoms in total. The Bertz CT molecular complexity index is 737. The summed E-state index contributed by atoms with van der Waals surface area (Å²) < 4.78 is 0. The quantitative estimate of drug-likeness (QED) is 0.785. The fourth-order valence-corrected chi connectivity index (χ4v) is 4.52. The SMILES string of the molecule is Cc1cc(C(=O)N2CCCC3CCCCC32)c2ccccc2n1. The number of nitrogens with zero attached hydrogens (tertiary/aromatic N) is 2. The zero-order valence-corrected chi connectivity index (χ0v) is 13.8. The lowest BCUT2D eigenvalue weighted by atomic mass is 9.78. The summed E-state index contributed by atoms with van der Waals surface area (Å²) in [4.78, 5) is 20.1. The van der Waals surface area contributed by atoms with Gasteiger partial charge in [0.2, 0.25) is 0 Å². The van der Waals surface area contributed by atoms with Crippen LogP contribution in [0.1, 0.15) is 54.6 Å². The van der Waals surface area contributed by atoms with Crippen LogP contribution in [0.2, 0.25) is 0 Å². The Labute approximate surface area is 137 Å². The van der Waals surface area contributed by atoms with Gasteiger partial charge in [0.25, 0.3) is 5.91 Å². The Hall–Kier alpha value is -1.90. The number of hydrogen-bond donors (Lipinski definition) is 0. The number of amides is 1. The first kappa shape index (κ1) is 14.7. The van der Waals surface area contributed by atoms with E-state index in [1.165, 1.54) is 32.1 Å². The minimum absolute atomic E-state index is 0.211. The standard InChI is InChI=1S/C20H24N2O/c1-14-13-17(16-9-3-4-10-18(16)21-14)20(23)22-12-6-8-15-7-2-5-11-19(15)22/h3-4,9-10,13,15,19H,2,5-8,11-12H2,1H3. The third-order valence-electron chi connectivity index (χ3n) is 5.58. The summed E-state index contributed by atoms with van der Waals surface area (Å²) in [6.07, 6.45) is 7.52. The van der Waals surface area contributed by atoms with Gasteiger partial charge in [-0.25, -0.2) is 0 Å². The van der Waals surface area contributed by atoms with Crippen molar-refractivity contribution in [2.45, 2.75) is 51.5 Å².